The molecule has 3 aliphatic heterocycles. The Morgan fingerprint density at radius 2 is 1.60 bits per heavy atom. The minimum Gasteiger partial charge on any atom is -0.508 e. The number of piperazine rings is 1. The number of carbonyl (C=O) groups excluding carboxylic acids is 3. The SMILES string of the molecule is COc1cc(N2CCN(CCCCCOc3ccc([C@@H]4c5ccc(O)cc5CC[C@@H]4c4ccccc4)cc3)CC2)cc2c1C(=O)N([C@@H]1CCC(=O)NC1=O)C2. The Kier molecular flexibility index (Phi) is 10.8. The maximum Gasteiger partial charge on any atom is 0.258 e. The molecule has 3 atom stereocenters. The molecule has 0 saturated carbocycles. The van der Waals surface area contributed by atoms with Crippen molar-refractivity contribution in [1.82, 2.24) is 15.1 Å². The molecule has 2 saturated heterocycles. The first kappa shape index (κ1) is 36.6. The molecular formula is C45H50N4O6. The number of nitrogens with one attached hydrogen (secondary N) is 1. The molecule has 286 valence electrons. The normalized spacial score (nSPS) is 21.3. The summed E-state index contributed by atoms with van der Waals surface area (Å²) in [5.74, 6) is 1.44. The average molecular weight is 743 g/mol. The first-order valence-electron chi connectivity index (χ1n) is 19.8. The highest BCUT2D eigenvalue weighted by Crippen LogP contribution is 2.47. The first-order valence-corrected chi connectivity index (χ1v) is 19.8. The summed E-state index contributed by atoms with van der Waals surface area (Å²) >= 11 is 0. The van der Waals surface area contributed by atoms with Crippen LogP contribution in [0.4, 0.5) is 5.69 Å². The Bertz CT molecular complexity index is 2030. The zero-order valence-electron chi connectivity index (χ0n) is 31.5. The van der Waals surface area contributed by atoms with Crippen LogP contribution in [0.3, 0.4) is 0 Å². The summed E-state index contributed by atoms with van der Waals surface area (Å²) in [6.45, 7) is 5.75. The molecule has 0 radical (unpaired) electrons. The quantitative estimate of drug-likeness (QED) is 0.127. The van der Waals surface area contributed by atoms with Gasteiger partial charge in [-0.25, -0.2) is 0 Å². The number of ether oxygens (including phenoxy) is 2. The predicted molar refractivity (Wildman–Crippen MR) is 211 cm³/mol. The van der Waals surface area contributed by atoms with Crippen LogP contribution in [0.1, 0.15) is 88.5 Å². The van der Waals surface area contributed by atoms with E-state index >= 15 is 0 Å². The van der Waals surface area contributed by atoms with Crippen LogP contribution < -0.4 is 19.7 Å². The molecule has 0 spiro atoms. The number of unbranched alkanes of at least 4 members (excludes halogenated alkanes) is 2. The zero-order valence-corrected chi connectivity index (χ0v) is 31.5. The summed E-state index contributed by atoms with van der Waals surface area (Å²) in [7, 11) is 1.58. The van der Waals surface area contributed by atoms with Gasteiger partial charge < -0.3 is 24.4 Å². The number of methoxy groups -OCH3 is 1. The number of phenols is 1. The average Bonchev–Trinajstić information content (AvgIpc) is 3.54. The molecule has 2 N–H and O–H groups in total. The van der Waals surface area contributed by atoms with E-state index in [4.69, 9.17) is 9.47 Å². The number of hydrogen-bond donors (Lipinski definition) is 2. The molecular weight excluding hydrogens is 693 g/mol. The van der Waals surface area contributed by atoms with E-state index in [2.05, 4.69) is 81.8 Å². The van der Waals surface area contributed by atoms with Crippen molar-refractivity contribution >= 4 is 23.4 Å². The number of anilines is 1. The van der Waals surface area contributed by atoms with Gasteiger partial charge in [-0.15, -0.1) is 0 Å². The van der Waals surface area contributed by atoms with E-state index in [1.165, 1.54) is 22.3 Å². The molecule has 4 aliphatic rings. The Morgan fingerprint density at radius 3 is 2.36 bits per heavy atom. The van der Waals surface area contributed by atoms with Gasteiger partial charge in [0.1, 0.15) is 23.3 Å². The van der Waals surface area contributed by atoms with Crippen LogP contribution in [0, 0.1) is 0 Å². The van der Waals surface area contributed by atoms with E-state index < -0.39 is 11.9 Å². The number of amides is 3. The third-order valence-corrected chi connectivity index (χ3v) is 12.0. The highest BCUT2D eigenvalue weighted by atomic mass is 16.5. The second-order valence-corrected chi connectivity index (χ2v) is 15.3. The molecule has 1 aliphatic carbocycles. The van der Waals surface area contributed by atoms with Crippen molar-refractivity contribution < 1.29 is 29.0 Å². The van der Waals surface area contributed by atoms with E-state index in [9.17, 15) is 19.5 Å². The number of aromatic hydroxyl groups is 1. The van der Waals surface area contributed by atoms with E-state index in [1.54, 1.807) is 12.0 Å². The van der Waals surface area contributed by atoms with Crippen molar-refractivity contribution in [3.8, 4) is 17.2 Å². The van der Waals surface area contributed by atoms with Crippen LogP contribution in [-0.4, -0.2) is 85.1 Å². The van der Waals surface area contributed by atoms with Gasteiger partial charge in [0.25, 0.3) is 5.91 Å². The number of imide groups is 1. The van der Waals surface area contributed by atoms with Crippen molar-refractivity contribution in [3.63, 3.8) is 0 Å². The van der Waals surface area contributed by atoms with Crippen LogP contribution >= 0.6 is 0 Å². The van der Waals surface area contributed by atoms with Crippen molar-refractivity contribution in [2.45, 2.75) is 69.4 Å². The lowest BCUT2D eigenvalue weighted by Crippen LogP contribution is -2.52. The summed E-state index contributed by atoms with van der Waals surface area (Å²) in [5, 5.41) is 12.5. The Hall–Kier alpha value is -5.35. The second kappa shape index (κ2) is 16.2. The van der Waals surface area contributed by atoms with Crippen molar-refractivity contribution in [2.75, 3.05) is 51.3 Å². The van der Waals surface area contributed by atoms with Gasteiger partial charge in [0.15, 0.2) is 0 Å². The van der Waals surface area contributed by atoms with Gasteiger partial charge in [-0.2, -0.15) is 0 Å². The minimum atomic E-state index is -0.649. The Morgan fingerprint density at radius 1 is 0.800 bits per heavy atom. The van der Waals surface area contributed by atoms with Crippen LogP contribution in [-0.2, 0) is 22.6 Å². The van der Waals surface area contributed by atoms with Gasteiger partial charge in [-0.05, 0) is 109 Å². The molecule has 55 heavy (non-hydrogen) atoms. The third-order valence-electron chi connectivity index (χ3n) is 12.0. The van der Waals surface area contributed by atoms with E-state index in [1.807, 2.05) is 18.2 Å². The van der Waals surface area contributed by atoms with Gasteiger partial charge in [0, 0.05) is 56.8 Å². The van der Waals surface area contributed by atoms with Crippen LogP contribution in [0.5, 0.6) is 17.2 Å². The fourth-order valence-corrected chi connectivity index (χ4v) is 9.08. The number of phenolic OH excluding ortho intramolecular Hbond substituents is 1. The van der Waals surface area contributed by atoms with Crippen molar-refractivity contribution in [2.24, 2.45) is 0 Å². The maximum atomic E-state index is 13.4. The molecule has 0 bridgehead atoms. The summed E-state index contributed by atoms with van der Waals surface area (Å²) in [6, 6.07) is 28.6. The molecule has 3 amide bonds. The Labute approximate surface area is 323 Å². The number of fused-ring (bicyclic) bond motifs is 2. The lowest BCUT2D eigenvalue weighted by molar-refractivity contribution is -0.136. The number of rotatable bonds is 12. The molecule has 0 unspecified atom stereocenters. The standard InChI is InChI=1S/C45H50N4O6/c1-54-40-28-34(26-33-29-49(45(53)43(33)40)39-18-19-41(51)46-44(39)52)48-23-21-47(22-24-48)20-6-3-7-25-55-36-14-10-31(11-15-36)42-37(30-8-4-2-5-9-30)16-12-32-27-35(50)13-17-38(32)42/h2,4-5,8-11,13-15,17,26-28,37,39,42,50H,3,6-7,12,16,18-25,29H2,1H3,(H,46,51,52)/t37-,39-,42+/m1/s1. The van der Waals surface area contributed by atoms with Gasteiger partial charge in [0.05, 0.1) is 19.3 Å². The molecule has 4 aromatic carbocycles. The van der Waals surface area contributed by atoms with E-state index in [0.717, 1.165) is 81.8 Å². The molecule has 10 heteroatoms. The van der Waals surface area contributed by atoms with Crippen molar-refractivity contribution in [1.29, 1.82) is 0 Å². The Balaban J connectivity index is 0.791. The van der Waals surface area contributed by atoms with Gasteiger partial charge in [-0.3, -0.25) is 24.6 Å². The topological polar surface area (TPSA) is 112 Å². The van der Waals surface area contributed by atoms with E-state index in [-0.39, 0.29) is 24.2 Å². The van der Waals surface area contributed by atoms with Crippen LogP contribution in [0.25, 0.3) is 0 Å². The summed E-state index contributed by atoms with van der Waals surface area (Å²) in [6.07, 6.45) is 5.79. The largest absolute Gasteiger partial charge is 0.508 e. The van der Waals surface area contributed by atoms with E-state index in [0.29, 0.717) is 42.6 Å². The lowest BCUT2D eigenvalue weighted by Gasteiger charge is -2.36. The van der Waals surface area contributed by atoms with Gasteiger partial charge in [-0.1, -0.05) is 48.5 Å². The number of carbonyl (C=O) groups is 3. The summed E-state index contributed by atoms with van der Waals surface area (Å²) in [4.78, 5) is 44.0. The molecule has 3 heterocycles. The van der Waals surface area contributed by atoms with Gasteiger partial charge >= 0.3 is 0 Å². The van der Waals surface area contributed by atoms with Crippen LogP contribution in [0.2, 0.25) is 0 Å². The maximum absolute atomic E-state index is 13.4. The fourth-order valence-electron chi connectivity index (χ4n) is 9.08. The first-order chi connectivity index (χ1) is 26.9. The zero-order chi connectivity index (χ0) is 37.9. The minimum absolute atomic E-state index is 0.220. The fraction of sp³-hybridized carbons (Fsp3) is 0.400. The smallest absolute Gasteiger partial charge is 0.258 e. The monoisotopic (exact) mass is 742 g/mol. The van der Waals surface area contributed by atoms with Crippen molar-refractivity contribution in [3.05, 3.63) is 118 Å². The molecule has 2 fully saturated rings. The molecule has 4 aromatic rings. The molecule has 8 rings (SSSR count). The second-order valence-electron chi connectivity index (χ2n) is 15.3. The summed E-state index contributed by atoms with van der Waals surface area (Å²) < 4.78 is 11.9. The highest BCUT2D eigenvalue weighted by Gasteiger charge is 2.41. The number of nitrogens with zero attached hydrogens (tertiary/aromatic N) is 3. The molecule has 10 nitrogen and oxygen atoms in total. The third kappa shape index (κ3) is 7.78. The number of aryl methyl sites for hydroxylation is 1. The van der Waals surface area contributed by atoms with Gasteiger partial charge in [0.2, 0.25) is 11.8 Å². The number of hydrogen-bond acceptors (Lipinski definition) is 8. The molecule has 0 aromatic heterocycles. The highest BCUT2D eigenvalue weighted by molar-refractivity contribution is 6.06. The number of benzene rings is 4. The lowest BCUT2D eigenvalue weighted by atomic mass is 9.69. The summed E-state index contributed by atoms with van der Waals surface area (Å²) in [5.41, 5.74) is 7.56. The number of piperidine rings is 1. The predicted octanol–water partition coefficient (Wildman–Crippen LogP) is 6.40. The van der Waals surface area contributed by atoms with Crippen LogP contribution in [0.15, 0.2) is 84.9 Å².